The number of rotatable bonds is 3. The van der Waals surface area contributed by atoms with Crippen molar-refractivity contribution >= 4 is 39.6 Å². The van der Waals surface area contributed by atoms with Crippen LogP contribution in [0.15, 0.2) is 6.20 Å². The molecule has 114 valence electrons. The summed E-state index contributed by atoms with van der Waals surface area (Å²) in [6.07, 6.45) is 0.501. The molecule has 3 rings (SSSR count). The zero-order valence-electron chi connectivity index (χ0n) is 11.2. The zero-order valence-corrected chi connectivity index (χ0v) is 13.4. The summed E-state index contributed by atoms with van der Waals surface area (Å²) in [6, 6.07) is 0. The Hall–Kier alpha value is -1.17. The van der Waals surface area contributed by atoms with Gasteiger partial charge in [-0.3, -0.25) is 0 Å². The van der Waals surface area contributed by atoms with Crippen molar-refractivity contribution in [3.63, 3.8) is 0 Å². The molecule has 0 spiro atoms. The maximum atomic E-state index is 9.87. The third kappa shape index (κ3) is 2.43. The van der Waals surface area contributed by atoms with Gasteiger partial charge in [0, 0.05) is 16.2 Å². The molecule has 2 aromatic heterocycles. The summed E-state index contributed by atoms with van der Waals surface area (Å²) in [7, 11) is 1.52. The predicted octanol–water partition coefficient (Wildman–Crippen LogP) is 0.267. The summed E-state index contributed by atoms with van der Waals surface area (Å²) in [5.41, 5.74) is 6.29. The summed E-state index contributed by atoms with van der Waals surface area (Å²) in [5.74, 6) is 0.505. The van der Waals surface area contributed by atoms with Crippen LogP contribution >= 0.6 is 22.6 Å². The highest BCUT2D eigenvalue weighted by Crippen LogP contribution is 2.36. The number of aromatic nitrogens is 3. The van der Waals surface area contributed by atoms with Crippen molar-refractivity contribution < 1.29 is 19.7 Å². The number of nitrogens with zero attached hydrogens (tertiary/aromatic N) is 3. The van der Waals surface area contributed by atoms with E-state index in [9.17, 15) is 10.2 Å². The maximum absolute atomic E-state index is 9.87. The minimum absolute atomic E-state index is 0.104. The van der Waals surface area contributed by atoms with Crippen molar-refractivity contribution in [1.82, 2.24) is 14.5 Å². The van der Waals surface area contributed by atoms with Gasteiger partial charge in [0.2, 0.25) is 11.8 Å². The molecule has 2 aromatic rings. The normalized spacial score (nSPS) is 25.6. The first-order chi connectivity index (χ1) is 10.0. The van der Waals surface area contributed by atoms with Crippen LogP contribution in [0.2, 0.25) is 0 Å². The van der Waals surface area contributed by atoms with Gasteiger partial charge in [0.1, 0.15) is 12.3 Å². The molecule has 3 heterocycles. The van der Waals surface area contributed by atoms with Gasteiger partial charge >= 0.3 is 0 Å². The highest BCUT2D eigenvalue weighted by molar-refractivity contribution is 14.1. The number of ether oxygens (including phenoxy) is 2. The largest absolute Gasteiger partial charge is 0.480 e. The number of nitrogens with two attached hydrogens (primary N) is 1. The third-order valence-electron chi connectivity index (χ3n) is 3.50. The first-order valence-electron chi connectivity index (χ1n) is 6.37. The highest BCUT2D eigenvalue weighted by atomic mass is 127. The van der Waals surface area contributed by atoms with Gasteiger partial charge in [0.25, 0.3) is 0 Å². The predicted molar refractivity (Wildman–Crippen MR) is 82.8 cm³/mol. The van der Waals surface area contributed by atoms with Gasteiger partial charge in [-0.1, -0.05) is 0 Å². The summed E-state index contributed by atoms with van der Waals surface area (Å²) >= 11 is 2.16. The Labute approximate surface area is 134 Å². The van der Waals surface area contributed by atoms with E-state index in [-0.39, 0.29) is 12.6 Å². The number of aliphatic hydroxyl groups is 2. The van der Waals surface area contributed by atoms with E-state index in [1.165, 1.54) is 7.11 Å². The molecule has 8 nitrogen and oxygen atoms in total. The van der Waals surface area contributed by atoms with E-state index in [1.54, 1.807) is 4.57 Å². The topological polar surface area (TPSA) is 116 Å². The van der Waals surface area contributed by atoms with Crippen molar-refractivity contribution in [3.8, 4) is 5.88 Å². The van der Waals surface area contributed by atoms with Gasteiger partial charge in [-0.15, -0.1) is 0 Å². The number of nitrogen functional groups attached to an aromatic ring is 1. The molecule has 0 saturated carbocycles. The molecule has 3 atom stereocenters. The first kappa shape index (κ1) is 14.8. The van der Waals surface area contributed by atoms with Crippen molar-refractivity contribution in [2.75, 3.05) is 19.5 Å². The molecular formula is C12H15IN4O4. The smallest absolute Gasteiger partial charge is 0.228 e. The summed E-state index contributed by atoms with van der Waals surface area (Å²) in [6.45, 7) is -0.228. The lowest BCUT2D eigenvalue weighted by Crippen LogP contribution is -2.24. The van der Waals surface area contributed by atoms with Gasteiger partial charge < -0.3 is 30.0 Å². The zero-order chi connectivity index (χ0) is 15.1. The van der Waals surface area contributed by atoms with E-state index >= 15 is 0 Å². The van der Waals surface area contributed by atoms with Crippen molar-refractivity contribution in [2.45, 2.75) is 24.9 Å². The van der Waals surface area contributed by atoms with Crippen LogP contribution in [0.1, 0.15) is 12.6 Å². The maximum Gasteiger partial charge on any atom is 0.228 e. The third-order valence-corrected chi connectivity index (χ3v) is 4.32. The molecule has 0 bridgehead atoms. The van der Waals surface area contributed by atoms with E-state index in [2.05, 4.69) is 32.6 Å². The fourth-order valence-corrected chi connectivity index (χ4v) is 3.28. The van der Waals surface area contributed by atoms with Crippen LogP contribution in [0.3, 0.4) is 0 Å². The van der Waals surface area contributed by atoms with Crippen molar-refractivity contribution in [2.24, 2.45) is 0 Å². The van der Waals surface area contributed by atoms with Gasteiger partial charge in [0.05, 0.1) is 25.2 Å². The average Bonchev–Trinajstić information content (AvgIpc) is 2.98. The standard InChI is InChI=1S/C12H15IN4O4/c1-20-11-9-5(13)3-17(10(9)15-12(14)16-11)8-2-6(19)7(4-18)21-8/h3,6-8,18-19H,2,4H2,1H3,(H2,14,15,16)/t6-,7+,8+/m0/s1. The Morgan fingerprint density at radius 3 is 2.95 bits per heavy atom. The van der Waals surface area contributed by atoms with E-state index in [0.29, 0.717) is 17.9 Å². The minimum atomic E-state index is -0.712. The lowest BCUT2D eigenvalue weighted by molar-refractivity contribution is -0.0430. The van der Waals surface area contributed by atoms with Crippen LogP contribution in [0, 0.1) is 3.57 Å². The number of halogens is 1. The SMILES string of the molecule is COc1nc(N)nc2c1c(I)cn2[C@H]1C[C@H](O)[C@@H](CO)O1. The average molecular weight is 406 g/mol. The number of fused-ring (bicyclic) bond motifs is 1. The molecule has 1 fully saturated rings. The highest BCUT2D eigenvalue weighted by Gasteiger charge is 2.35. The fourth-order valence-electron chi connectivity index (χ4n) is 2.51. The molecule has 1 saturated heterocycles. The van der Waals surface area contributed by atoms with Crippen LogP contribution in [-0.4, -0.2) is 50.7 Å². The van der Waals surface area contributed by atoms with Gasteiger partial charge in [-0.25, -0.2) is 0 Å². The Balaban J connectivity index is 2.10. The van der Waals surface area contributed by atoms with E-state index in [4.69, 9.17) is 15.2 Å². The Morgan fingerprint density at radius 2 is 2.33 bits per heavy atom. The van der Waals surface area contributed by atoms with Crippen molar-refractivity contribution in [3.05, 3.63) is 9.77 Å². The first-order valence-corrected chi connectivity index (χ1v) is 7.45. The second-order valence-electron chi connectivity index (χ2n) is 4.79. The quantitative estimate of drug-likeness (QED) is 0.627. The molecule has 0 aromatic carbocycles. The monoisotopic (exact) mass is 406 g/mol. The summed E-state index contributed by atoms with van der Waals surface area (Å²) < 4.78 is 13.6. The molecule has 4 N–H and O–H groups in total. The molecule has 1 aliphatic heterocycles. The van der Waals surface area contributed by atoms with Crippen molar-refractivity contribution in [1.29, 1.82) is 0 Å². The molecular weight excluding hydrogens is 391 g/mol. The number of hydrogen-bond donors (Lipinski definition) is 3. The lowest BCUT2D eigenvalue weighted by atomic mass is 10.2. The van der Waals surface area contributed by atoms with E-state index in [1.807, 2.05) is 6.20 Å². The Morgan fingerprint density at radius 1 is 1.57 bits per heavy atom. The summed E-state index contributed by atoms with van der Waals surface area (Å²) in [4.78, 5) is 8.31. The van der Waals surface area contributed by atoms with E-state index in [0.717, 1.165) is 8.96 Å². The van der Waals surface area contributed by atoms with Crippen LogP contribution < -0.4 is 10.5 Å². The second-order valence-corrected chi connectivity index (χ2v) is 5.95. The second kappa shape index (κ2) is 5.55. The fraction of sp³-hybridized carbons (Fsp3) is 0.500. The van der Waals surface area contributed by atoms with Gasteiger partial charge in [0.15, 0.2) is 5.65 Å². The molecule has 9 heteroatoms. The number of methoxy groups -OCH3 is 1. The van der Waals surface area contributed by atoms with Crippen LogP contribution in [0.4, 0.5) is 5.95 Å². The Kier molecular flexibility index (Phi) is 3.90. The van der Waals surface area contributed by atoms with Gasteiger partial charge in [-0.05, 0) is 22.6 Å². The van der Waals surface area contributed by atoms with E-state index < -0.39 is 18.4 Å². The number of anilines is 1. The van der Waals surface area contributed by atoms with Crippen LogP contribution in [-0.2, 0) is 4.74 Å². The molecule has 0 unspecified atom stereocenters. The van der Waals surface area contributed by atoms with Gasteiger partial charge in [-0.2, -0.15) is 9.97 Å². The molecule has 0 radical (unpaired) electrons. The minimum Gasteiger partial charge on any atom is -0.480 e. The van der Waals surface area contributed by atoms with Crippen LogP contribution in [0.5, 0.6) is 5.88 Å². The molecule has 0 amide bonds. The number of hydrogen-bond acceptors (Lipinski definition) is 7. The summed E-state index contributed by atoms with van der Waals surface area (Å²) in [5, 5.41) is 19.8. The molecule has 0 aliphatic carbocycles. The molecule has 1 aliphatic rings. The van der Waals surface area contributed by atoms with Crippen LogP contribution in [0.25, 0.3) is 11.0 Å². The Bertz CT molecular complexity index is 677. The number of aliphatic hydroxyl groups excluding tert-OH is 2. The molecule has 21 heavy (non-hydrogen) atoms. The lowest BCUT2D eigenvalue weighted by Gasteiger charge is -2.14.